The number of aliphatic hydroxyl groups is 2. The lowest BCUT2D eigenvalue weighted by atomic mass is 9.94. The molecule has 0 spiro atoms. The second kappa shape index (κ2) is 8.91. The monoisotopic (exact) mass is 370 g/mol. The van der Waals surface area contributed by atoms with Crippen molar-refractivity contribution in [2.75, 3.05) is 19.5 Å². The minimum atomic E-state index is -3.50. The minimum Gasteiger partial charge on any atom is -0.394 e. The van der Waals surface area contributed by atoms with Gasteiger partial charge in [0.05, 0.1) is 41.7 Å². The summed E-state index contributed by atoms with van der Waals surface area (Å²) in [6, 6.07) is 8.29. The molecule has 1 aromatic carbocycles. The lowest BCUT2D eigenvalue weighted by molar-refractivity contribution is -0.0394. The van der Waals surface area contributed by atoms with E-state index in [2.05, 4.69) is 6.58 Å². The summed E-state index contributed by atoms with van der Waals surface area (Å²) in [5, 5.41) is 18.8. The van der Waals surface area contributed by atoms with Crippen molar-refractivity contribution in [1.82, 2.24) is 0 Å². The molecule has 1 heterocycles. The fraction of sp³-hybridized carbons (Fsp3) is 0.556. The molecular formula is C18H26O6S. The Kier molecular flexibility index (Phi) is 7.15. The Labute approximate surface area is 149 Å². The summed E-state index contributed by atoms with van der Waals surface area (Å²) >= 11 is 0. The first-order valence-corrected chi connectivity index (χ1v) is 9.94. The SMILES string of the molecule is C=CC[C@@H]1OC(C[C@H](O)CO)[C@H](OC)[C@H]1CS(=O)(=O)c1ccccc1. The third-order valence-corrected chi connectivity index (χ3v) is 6.33. The van der Waals surface area contributed by atoms with E-state index in [9.17, 15) is 13.5 Å². The van der Waals surface area contributed by atoms with Crippen LogP contribution in [0.25, 0.3) is 0 Å². The molecule has 1 aromatic rings. The van der Waals surface area contributed by atoms with Gasteiger partial charge in [-0.3, -0.25) is 0 Å². The molecule has 1 saturated heterocycles. The molecule has 0 saturated carbocycles. The fourth-order valence-electron chi connectivity index (χ4n) is 3.32. The van der Waals surface area contributed by atoms with E-state index in [0.29, 0.717) is 6.42 Å². The van der Waals surface area contributed by atoms with E-state index in [1.165, 1.54) is 7.11 Å². The van der Waals surface area contributed by atoms with E-state index in [-0.39, 0.29) is 35.7 Å². The Morgan fingerprint density at radius 2 is 2.00 bits per heavy atom. The lowest BCUT2D eigenvalue weighted by Crippen LogP contribution is -2.36. The van der Waals surface area contributed by atoms with Crippen molar-refractivity contribution in [1.29, 1.82) is 0 Å². The Balaban J connectivity index is 2.23. The molecule has 6 nitrogen and oxygen atoms in total. The quantitative estimate of drug-likeness (QED) is 0.634. The summed E-state index contributed by atoms with van der Waals surface area (Å²) in [4.78, 5) is 0.265. The van der Waals surface area contributed by atoms with Gasteiger partial charge in [0, 0.05) is 19.4 Å². The van der Waals surface area contributed by atoms with E-state index < -0.39 is 28.1 Å². The number of ether oxygens (including phenoxy) is 2. The maximum absolute atomic E-state index is 12.8. The Hall–Kier alpha value is -1.25. The largest absolute Gasteiger partial charge is 0.394 e. The number of sulfone groups is 1. The van der Waals surface area contributed by atoms with Gasteiger partial charge in [-0.05, 0) is 18.6 Å². The molecule has 1 unspecified atom stereocenters. The van der Waals surface area contributed by atoms with Crippen LogP contribution in [0.4, 0.5) is 0 Å². The van der Waals surface area contributed by atoms with Crippen LogP contribution in [-0.4, -0.2) is 62.5 Å². The first-order chi connectivity index (χ1) is 11.9. The smallest absolute Gasteiger partial charge is 0.178 e. The van der Waals surface area contributed by atoms with Gasteiger partial charge in [-0.1, -0.05) is 24.3 Å². The van der Waals surface area contributed by atoms with Crippen LogP contribution in [0, 0.1) is 5.92 Å². The van der Waals surface area contributed by atoms with Gasteiger partial charge in [0.2, 0.25) is 0 Å². The van der Waals surface area contributed by atoms with Crippen LogP contribution in [-0.2, 0) is 19.3 Å². The molecule has 25 heavy (non-hydrogen) atoms. The second-order valence-electron chi connectivity index (χ2n) is 6.27. The summed E-state index contributed by atoms with van der Waals surface area (Å²) in [6.07, 6.45) is 0.0983. The van der Waals surface area contributed by atoms with Gasteiger partial charge >= 0.3 is 0 Å². The van der Waals surface area contributed by atoms with Gasteiger partial charge in [0.1, 0.15) is 0 Å². The Morgan fingerprint density at radius 1 is 1.32 bits per heavy atom. The summed E-state index contributed by atoms with van der Waals surface area (Å²) in [6.45, 7) is 3.33. The molecule has 140 valence electrons. The number of hydrogen-bond acceptors (Lipinski definition) is 6. The molecule has 0 amide bonds. The molecule has 2 rings (SSSR count). The van der Waals surface area contributed by atoms with E-state index in [4.69, 9.17) is 14.6 Å². The first-order valence-electron chi connectivity index (χ1n) is 8.28. The van der Waals surface area contributed by atoms with Crippen LogP contribution in [0.1, 0.15) is 12.8 Å². The molecule has 0 bridgehead atoms. The highest BCUT2D eigenvalue weighted by atomic mass is 32.2. The number of hydrogen-bond donors (Lipinski definition) is 2. The predicted molar refractivity (Wildman–Crippen MR) is 94.0 cm³/mol. The van der Waals surface area contributed by atoms with Gasteiger partial charge in [-0.15, -0.1) is 6.58 Å². The molecule has 2 N–H and O–H groups in total. The van der Waals surface area contributed by atoms with Crippen molar-refractivity contribution in [3.05, 3.63) is 43.0 Å². The number of benzene rings is 1. The highest BCUT2D eigenvalue weighted by Crippen LogP contribution is 2.35. The molecule has 0 aliphatic carbocycles. The molecule has 0 radical (unpaired) electrons. The van der Waals surface area contributed by atoms with Gasteiger partial charge in [-0.2, -0.15) is 0 Å². The van der Waals surface area contributed by atoms with Gasteiger partial charge in [0.25, 0.3) is 0 Å². The van der Waals surface area contributed by atoms with Crippen molar-refractivity contribution in [3.8, 4) is 0 Å². The van der Waals surface area contributed by atoms with Crippen molar-refractivity contribution in [3.63, 3.8) is 0 Å². The van der Waals surface area contributed by atoms with Gasteiger partial charge in [0.15, 0.2) is 9.84 Å². The molecule has 1 aliphatic rings. The van der Waals surface area contributed by atoms with Crippen LogP contribution in [0.2, 0.25) is 0 Å². The van der Waals surface area contributed by atoms with Crippen molar-refractivity contribution >= 4 is 9.84 Å². The fourth-order valence-corrected chi connectivity index (χ4v) is 5.00. The van der Waals surface area contributed by atoms with Crippen molar-refractivity contribution < 1.29 is 28.1 Å². The molecular weight excluding hydrogens is 344 g/mol. The standard InChI is InChI=1S/C18H26O6S/c1-3-7-16-15(12-25(21,22)14-8-5-4-6-9-14)18(23-2)17(24-16)10-13(20)11-19/h3-6,8-9,13,15-20H,1,7,10-12H2,2H3/t13-,15-,16-,17?,18+/m0/s1. The van der Waals surface area contributed by atoms with Crippen molar-refractivity contribution in [2.45, 2.75) is 42.2 Å². The maximum atomic E-state index is 12.8. The summed E-state index contributed by atoms with van der Waals surface area (Å²) in [5.74, 6) is -0.496. The van der Waals surface area contributed by atoms with Crippen LogP contribution < -0.4 is 0 Å². The van der Waals surface area contributed by atoms with Crippen LogP contribution in [0.5, 0.6) is 0 Å². The second-order valence-corrected chi connectivity index (χ2v) is 8.30. The Bertz CT molecular complexity index is 645. The number of methoxy groups -OCH3 is 1. The zero-order chi connectivity index (χ0) is 18.4. The first kappa shape index (κ1) is 20.1. The summed E-state index contributed by atoms with van der Waals surface area (Å²) in [5.41, 5.74) is 0. The third kappa shape index (κ3) is 4.89. The van der Waals surface area contributed by atoms with E-state index in [0.717, 1.165) is 0 Å². The average molecular weight is 370 g/mol. The summed E-state index contributed by atoms with van der Waals surface area (Å²) in [7, 11) is -2.00. The van der Waals surface area contributed by atoms with E-state index in [1.54, 1.807) is 36.4 Å². The van der Waals surface area contributed by atoms with Gasteiger partial charge < -0.3 is 19.7 Å². The lowest BCUT2D eigenvalue weighted by Gasteiger charge is -2.23. The molecule has 5 atom stereocenters. The van der Waals surface area contributed by atoms with E-state index in [1.807, 2.05) is 0 Å². The molecule has 1 aliphatic heterocycles. The van der Waals surface area contributed by atoms with Crippen molar-refractivity contribution in [2.24, 2.45) is 5.92 Å². The zero-order valence-electron chi connectivity index (χ0n) is 14.3. The molecule has 7 heteroatoms. The highest BCUT2D eigenvalue weighted by molar-refractivity contribution is 7.91. The topological polar surface area (TPSA) is 93.1 Å². The van der Waals surface area contributed by atoms with Crippen LogP contribution in [0.3, 0.4) is 0 Å². The average Bonchev–Trinajstić information content (AvgIpc) is 2.91. The van der Waals surface area contributed by atoms with E-state index >= 15 is 0 Å². The zero-order valence-corrected chi connectivity index (χ0v) is 15.1. The maximum Gasteiger partial charge on any atom is 0.178 e. The van der Waals surface area contributed by atoms with Gasteiger partial charge in [-0.25, -0.2) is 8.42 Å². The summed E-state index contributed by atoms with van der Waals surface area (Å²) < 4.78 is 37.0. The normalized spacial score (nSPS) is 28.0. The molecule has 1 fully saturated rings. The third-order valence-electron chi connectivity index (χ3n) is 4.52. The highest BCUT2D eigenvalue weighted by Gasteiger charge is 2.46. The number of aliphatic hydroxyl groups excluding tert-OH is 2. The van der Waals surface area contributed by atoms with Crippen LogP contribution >= 0.6 is 0 Å². The number of rotatable bonds is 9. The predicted octanol–water partition coefficient (Wildman–Crippen LogP) is 1.18. The molecule has 0 aromatic heterocycles. The Morgan fingerprint density at radius 3 is 2.56 bits per heavy atom. The van der Waals surface area contributed by atoms with Crippen LogP contribution in [0.15, 0.2) is 47.9 Å². The minimum absolute atomic E-state index is 0.111.